The van der Waals surface area contributed by atoms with Crippen molar-refractivity contribution in [2.75, 3.05) is 7.11 Å². The first-order valence-corrected chi connectivity index (χ1v) is 6.31. The molecule has 0 N–H and O–H groups in total. The molecular weight excluding hydrogens is 272 g/mol. The van der Waals surface area contributed by atoms with E-state index in [1.165, 1.54) is 12.3 Å². The van der Waals surface area contributed by atoms with E-state index in [0.717, 1.165) is 0 Å². The van der Waals surface area contributed by atoms with Crippen molar-refractivity contribution in [1.29, 1.82) is 0 Å². The van der Waals surface area contributed by atoms with Gasteiger partial charge in [0.25, 0.3) is 0 Å². The van der Waals surface area contributed by atoms with E-state index in [2.05, 4.69) is 0 Å². The summed E-state index contributed by atoms with van der Waals surface area (Å²) in [5, 5.41) is -0.0751. The van der Waals surface area contributed by atoms with E-state index in [-0.39, 0.29) is 11.0 Å². The smallest absolute Gasteiger partial charge is 0.351 e. The second kappa shape index (κ2) is 4.94. The number of ether oxygens (including phenoxy) is 1. The van der Waals surface area contributed by atoms with Gasteiger partial charge in [0.15, 0.2) is 5.39 Å². The maximum absolute atomic E-state index is 12.5. The number of benzene rings is 1. The molecule has 106 valence electrons. The third-order valence-corrected chi connectivity index (χ3v) is 3.22. The predicted octanol–water partition coefficient (Wildman–Crippen LogP) is 2.73. The Kier molecular flexibility index (Phi) is 3.10. The maximum Gasteiger partial charge on any atom is 0.351 e. The van der Waals surface area contributed by atoms with Crippen LogP contribution in [0.5, 0.6) is 5.75 Å². The molecule has 0 aliphatic heterocycles. The Morgan fingerprint density at radius 2 is 1.81 bits per heavy atom. The van der Waals surface area contributed by atoms with Gasteiger partial charge in [0.1, 0.15) is 23.4 Å². The third-order valence-electron chi connectivity index (χ3n) is 3.22. The van der Waals surface area contributed by atoms with Crippen LogP contribution in [0.3, 0.4) is 0 Å². The molecule has 0 aliphatic carbocycles. The lowest BCUT2D eigenvalue weighted by molar-refractivity contribution is 0.415. The highest BCUT2D eigenvalue weighted by molar-refractivity contribution is 5.80. The summed E-state index contributed by atoms with van der Waals surface area (Å²) < 4.78 is 15.4. The molecule has 0 fully saturated rings. The highest BCUT2D eigenvalue weighted by Gasteiger charge is 2.13. The molecule has 2 aromatic heterocycles. The molecule has 0 atom stereocenters. The molecule has 5 nitrogen and oxygen atoms in total. The standard InChI is InChI=1S/C16H12O5/c1-9-7-13-14(16(18)21-9)15(17)12(8-20-13)10-3-5-11(19-2)6-4-10/h3-8H,1-2H3. The lowest BCUT2D eigenvalue weighted by Gasteiger charge is -2.04. The Morgan fingerprint density at radius 3 is 2.48 bits per heavy atom. The van der Waals surface area contributed by atoms with Gasteiger partial charge in [-0.25, -0.2) is 4.79 Å². The van der Waals surface area contributed by atoms with Crippen LogP contribution in [0.1, 0.15) is 5.76 Å². The van der Waals surface area contributed by atoms with Crippen LogP contribution in [-0.2, 0) is 0 Å². The van der Waals surface area contributed by atoms with Gasteiger partial charge in [0, 0.05) is 6.07 Å². The summed E-state index contributed by atoms with van der Waals surface area (Å²) in [6.07, 6.45) is 1.35. The quantitative estimate of drug-likeness (QED) is 0.723. The van der Waals surface area contributed by atoms with Gasteiger partial charge in [0.2, 0.25) is 5.43 Å². The van der Waals surface area contributed by atoms with Crippen molar-refractivity contribution in [3.8, 4) is 16.9 Å². The van der Waals surface area contributed by atoms with E-state index in [4.69, 9.17) is 13.6 Å². The van der Waals surface area contributed by atoms with Crippen molar-refractivity contribution in [1.82, 2.24) is 0 Å². The second-order valence-electron chi connectivity index (χ2n) is 4.59. The third kappa shape index (κ3) is 2.23. The summed E-state index contributed by atoms with van der Waals surface area (Å²) in [6.45, 7) is 1.62. The zero-order valence-electron chi connectivity index (χ0n) is 11.5. The maximum atomic E-state index is 12.5. The number of hydrogen-bond acceptors (Lipinski definition) is 5. The summed E-state index contributed by atoms with van der Waals surface area (Å²) in [4.78, 5) is 24.3. The molecule has 0 amide bonds. The lowest BCUT2D eigenvalue weighted by Crippen LogP contribution is -2.14. The molecule has 0 unspecified atom stereocenters. The number of fused-ring (bicyclic) bond motifs is 1. The molecule has 21 heavy (non-hydrogen) atoms. The number of aryl methyl sites for hydroxylation is 1. The first-order chi connectivity index (χ1) is 10.1. The summed E-state index contributed by atoms with van der Waals surface area (Å²) in [5.41, 5.74) is 0.0861. The summed E-state index contributed by atoms with van der Waals surface area (Å²) in [5.74, 6) is 1.08. The van der Waals surface area contributed by atoms with Crippen molar-refractivity contribution in [2.45, 2.75) is 6.92 Å². The van der Waals surface area contributed by atoms with Crippen LogP contribution in [0.4, 0.5) is 0 Å². The predicted molar refractivity (Wildman–Crippen MR) is 77.7 cm³/mol. The first-order valence-electron chi connectivity index (χ1n) is 6.31. The number of hydrogen-bond donors (Lipinski definition) is 0. The van der Waals surface area contributed by atoms with Crippen molar-refractivity contribution >= 4 is 11.0 Å². The van der Waals surface area contributed by atoms with Gasteiger partial charge in [0.05, 0.1) is 12.7 Å². The van der Waals surface area contributed by atoms with Crippen LogP contribution in [-0.4, -0.2) is 7.11 Å². The fourth-order valence-electron chi connectivity index (χ4n) is 2.16. The van der Waals surface area contributed by atoms with Crippen molar-refractivity contribution in [3.63, 3.8) is 0 Å². The Balaban J connectivity index is 2.27. The zero-order chi connectivity index (χ0) is 15.0. The van der Waals surface area contributed by atoms with Gasteiger partial charge < -0.3 is 13.6 Å². The molecule has 2 heterocycles. The summed E-state index contributed by atoms with van der Waals surface area (Å²) in [6, 6.07) is 8.45. The highest BCUT2D eigenvalue weighted by atomic mass is 16.5. The fraction of sp³-hybridized carbons (Fsp3) is 0.125. The van der Waals surface area contributed by atoms with Crippen LogP contribution in [0.2, 0.25) is 0 Å². The molecule has 0 saturated heterocycles. The molecule has 0 aliphatic rings. The average Bonchev–Trinajstić information content (AvgIpc) is 2.47. The molecule has 3 rings (SSSR count). The SMILES string of the molecule is COc1ccc(-c2coc3cc(C)oc(=O)c3c2=O)cc1. The van der Waals surface area contributed by atoms with E-state index in [0.29, 0.717) is 22.6 Å². The molecule has 0 spiro atoms. The van der Waals surface area contributed by atoms with Crippen LogP contribution >= 0.6 is 0 Å². The normalized spacial score (nSPS) is 10.8. The topological polar surface area (TPSA) is 69.7 Å². The van der Waals surface area contributed by atoms with Gasteiger partial charge in [-0.3, -0.25) is 4.79 Å². The molecule has 5 heteroatoms. The number of rotatable bonds is 2. The summed E-state index contributed by atoms with van der Waals surface area (Å²) in [7, 11) is 1.56. The van der Waals surface area contributed by atoms with Gasteiger partial charge in [-0.05, 0) is 24.6 Å². The molecule has 0 radical (unpaired) electrons. The molecule has 0 bridgehead atoms. The minimum absolute atomic E-state index is 0.0751. The highest BCUT2D eigenvalue weighted by Crippen LogP contribution is 2.21. The van der Waals surface area contributed by atoms with Gasteiger partial charge in [-0.15, -0.1) is 0 Å². The summed E-state index contributed by atoms with van der Waals surface area (Å²) >= 11 is 0. The minimum Gasteiger partial charge on any atom is -0.497 e. The Morgan fingerprint density at radius 1 is 1.10 bits per heavy atom. The van der Waals surface area contributed by atoms with Crippen LogP contribution in [0.25, 0.3) is 22.1 Å². The Bertz CT molecular complexity index is 916. The van der Waals surface area contributed by atoms with Crippen molar-refractivity contribution in [3.05, 3.63) is 63.0 Å². The molecular formula is C16H12O5. The van der Waals surface area contributed by atoms with Crippen molar-refractivity contribution in [2.24, 2.45) is 0 Å². The minimum atomic E-state index is -0.686. The van der Waals surface area contributed by atoms with Crippen molar-refractivity contribution < 1.29 is 13.6 Å². The Hall–Kier alpha value is -2.82. The second-order valence-corrected chi connectivity index (χ2v) is 4.59. The molecule has 3 aromatic rings. The van der Waals surface area contributed by atoms with E-state index in [1.54, 1.807) is 38.3 Å². The van der Waals surface area contributed by atoms with E-state index in [9.17, 15) is 9.59 Å². The van der Waals surface area contributed by atoms with E-state index in [1.807, 2.05) is 0 Å². The van der Waals surface area contributed by atoms with Crippen LogP contribution in [0.15, 0.2) is 55.0 Å². The van der Waals surface area contributed by atoms with Gasteiger partial charge >= 0.3 is 5.63 Å². The lowest BCUT2D eigenvalue weighted by atomic mass is 10.1. The number of methoxy groups -OCH3 is 1. The van der Waals surface area contributed by atoms with E-state index >= 15 is 0 Å². The monoisotopic (exact) mass is 284 g/mol. The molecule has 1 aromatic carbocycles. The van der Waals surface area contributed by atoms with Gasteiger partial charge in [-0.1, -0.05) is 12.1 Å². The largest absolute Gasteiger partial charge is 0.497 e. The van der Waals surface area contributed by atoms with E-state index < -0.39 is 11.1 Å². The van der Waals surface area contributed by atoms with Crippen LogP contribution in [0, 0.1) is 6.92 Å². The zero-order valence-corrected chi connectivity index (χ0v) is 11.5. The van der Waals surface area contributed by atoms with Gasteiger partial charge in [-0.2, -0.15) is 0 Å². The average molecular weight is 284 g/mol. The molecule has 0 saturated carbocycles. The van der Waals surface area contributed by atoms with Crippen LogP contribution < -0.4 is 15.8 Å². The first kappa shape index (κ1) is 13.2. The Labute approximate surface area is 119 Å². The fourth-order valence-corrected chi connectivity index (χ4v) is 2.16.